The summed E-state index contributed by atoms with van der Waals surface area (Å²) in [6, 6.07) is 5.79. The lowest BCUT2D eigenvalue weighted by Gasteiger charge is -2.13. The molecule has 8 heteroatoms. The van der Waals surface area contributed by atoms with Gasteiger partial charge in [-0.25, -0.2) is 4.39 Å². The summed E-state index contributed by atoms with van der Waals surface area (Å²) in [6.45, 7) is 3.95. The van der Waals surface area contributed by atoms with E-state index in [0.29, 0.717) is 17.3 Å². The van der Waals surface area contributed by atoms with Crippen LogP contribution >= 0.6 is 11.6 Å². The van der Waals surface area contributed by atoms with E-state index in [1.54, 1.807) is 41.7 Å². The van der Waals surface area contributed by atoms with Crippen LogP contribution in [0.5, 0.6) is 0 Å². The average Bonchev–Trinajstić information content (AvgIpc) is 3.14. The smallest absolute Gasteiger partial charge is 0.249 e. The number of anilines is 1. The average molecular weight is 362 g/mol. The normalized spacial score (nSPS) is 12.2. The molecule has 0 saturated heterocycles. The number of halogens is 2. The predicted octanol–water partition coefficient (Wildman–Crippen LogP) is 3.43. The molecule has 1 atom stereocenters. The summed E-state index contributed by atoms with van der Waals surface area (Å²) in [5, 5.41) is 11.6. The summed E-state index contributed by atoms with van der Waals surface area (Å²) < 4.78 is 16.4. The first-order valence-corrected chi connectivity index (χ1v) is 8.09. The zero-order valence-electron chi connectivity index (χ0n) is 13.8. The summed E-state index contributed by atoms with van der Waals surface area (Å²) in [6.07, 6.45) is 4.75. The van der Waals surface area contributed by atoms with Crippen LogP contribution in [0.4, 0.5) is 10.1 Å². The molecule has 6 nitrogen and oxygen atoms in total. The van der Waals surface area contributed by atoms with Crippen molar-refractivity contribution in [3.05, 3.63) is 65.0 Å². The summed E-state index contributed by atoms with van der Waals surface area (Å²) in [5.74, 6) is -0.520. The van der Waals surface area contributed by atoms with Crippen molar-refractivity contribution in [3.63, 3.8) is 0 Å². The van der Waals surface area contributed by atoms with E-state index in [2.05, 4.69) is 15.5 Å². The molecule has 25 heavy (non-hydrogen) atoms. The highest BCUT2D eigenvalue weighted by Crippen LogP contribution is 2.19. The van der Waals surface area contributed by atoms with Crippen LogP contribution in [0.25, 0.3) is 0 Å². The van der Waals surface area contributed by atoms with Crippen LogP contribution in [0.3, 0.4) is 0 Å². The van der Waals surface area contributed by atoms with Gasteiger partial charge < -0.3 is 5.32 Å². The lowest BCUT2D eigenvalue weighted by atomic mass is 10.2. The van der Waals surface area contributed by atoms with E-state index in [-0.39, 0.29) is 11.7 Å². The third-order valence-electron chi connectivity index (χ3n) is 3.87. The van der Waals surface area contributed by atoms with Gasteiger partial charge in [-0.1, -0.05) is 23.7 Å². The number of aromatic nitrogens is 4. The van der Waals surface area contributed by atoms with Crippen LogP contribution < -0.4 is 5.32 Å². The van der Waals surface area contributed by atoms with Crippen LogP contribution in [0.15, 0.2) is 42.9 Å². The van der Waals surface area contributed by atoms with E-state index >= 15 is 0 Å². The molecule has 0 aliphatic rings. The molecule has 0 radical (unpaired) electrons. The quantitative estimate of drug-likeness (QED) is 0.757. The van der Waals surface area contributed by atoms with Gasteiger partial charge in [0.2, 0.25) is 5.91 Å². The molecule has 1 amide bonds. The summed E-state index contributed by atoms with van der Waals surface area (Å²) in [5.41, 5.74) is 2.08. The van der Waals surface area contributed by atoms with E-state index in [1.807, 2.05) is 6.07 Å². The first-order chi connectivity index (χ1) is 11.9. The van der Waals surface area contributed by atoms with Crippen molar-refractivity contribution in [3.8, 4) is 0 Å². The molecule has 2 heterocycles. The SMILES string of the molecule is Cc1c(Cl)cnn1C(C)C(=O)Nc1cnn(Cc2cccc(F)c2)c1. The van der Waals surface area contributed by atoms with Gasteiger partial charge in [-0.2, -0.15) is 10.2 Å². The third kappa shape index (κ3) is 3.88. The maximum absolute atomic E-state index is 13.2. The Morgan fingerprint density at radius 3 is 2.84 bits per heavy atom. The Morgan fingerprint density at radius 2 is 2.16 bits per heavy atom. The molecule has 0 saturated carbocycles. The van der Waals surface area contributed by atoms with Crippen molar-refractivity contribution < 1.29 is 9.18 Å². The zero-order valence-corrected chi connectivity index (χ0v) is 14.5. The van der Waals surface area contributed by atoms with Gasteiger partial charge in [-0.05, 0) is 31.5 Å². The number of nitrogens with one attached hydrogen (secondary N) is 1. The minimum Gasteiger partial charge on any atom is -0.322 e. The number of carbonyl (C=O) groups is 1. The first-order valence-electron chi connectivity index (χ1n) is 7.71. The molecule has 1 unspecified atom stereocenters. The van der Waals surface area contributed by atoms with Crippen LogP contribution in [-0.2, 0) is 11.3 Å². The molecule has 130 valence electrons. The van der Waals surface area contributed by atoms with Gasteiger partial charge in [0, 0.05) is 6.20 Å². The standard InChI is InChI=1S/C17H17ClFN5O/c1-11-16(18)8-21-24(11)12(2)17(25)22-15-7-20-23(10-15)9-13-4-3-5-14(19)6-13/h3-8,10,12H,9H2,1-2H3,(H,22,25). The number of carbonyl (C=O) groups excluding carboxylic acids is 1. The van der Waals surface area contributed by atoms with Gasteiger partial charge in [-0.3, -0.25) is 14.2 Å². The molecule has 0 spiro atoms. The highest BCUT2D eigenvalue weighted by molar-refractivity contribution is 6.31. The number of amides is 1. The second-order valence-electron chi connectivity index (χ2n) is 5.74. The van der Waals surface area contributed by atoms with Crippen LogP contribution in [0, 0.1) is 12.7 Å². The minimum absolute atomic E-state index is 0.229. The van der Waals surface area contributed by atoms with Crippen molar-refractivity contribution in [2.45, 2.75) is 26.4 Å². The Kier molecular flexibility index (Phi) is 4.85. The lowest BCUT2D eigenvalue weighted by Crippen LogP contribution is -2.25. The van der Waals surface area contributed by atoms with Gasteiger partial charge in [0.1, 0.15) is 11.9 Å². The van der Waals surface area contributed by atoms with E-state index in [0.717, 1.165) is 11.3 Å². The monoisotopic (exact) mass is 361 g/mol. The second kappa shape index (κ2) is 7.06. The molecule has 1 aromatic carbocycles. The maximum atomic E-state index is 13.2. The van der Waals surface area contributed by atoms with Crippen molar-refractivity contribution in [1.29, 1.82) is 0 Å². The minimum atomic E-state index is -0.515. The Morgan fingerprint density at radius 1 is 1.36 bits per heavy atom. The van der Waals surface area contributed by atoms with Gasteiger partial charge in [-0.15, -0.1) is 0 Å². The largest absolute Gasteiger partial charge is 0.322 e. The second-order valence-corrected chi connectivity index (χ2v) is 6.15. The van der Waals surface area contributed by atoms with Gasteiger partial charge in [0.15, 0.2) is 0 Å². The topological polar surface area (TPSA) is 64.7 Å². The van der Waals surface area contributed by atoms with E-state index in [9.17, 15) is 9.18 Å². The number of hydrogen-bond acceptors (Lipinski definition) is 3. The van der Waals surface area contributed by atoms with Crippen LogP contribution in [-0.4, -0.2) is 25.5 Å². The fraction of sp³-hybridized carbons (Fsp3) is 0.235. The highest BCUT2D eigenvalue weighted by Gasteiger charge is 2.19. The van der Waals surface area contributed by atoms with E-state index < -0.39 is 6.04 Å². The Labute approximate surface area is 149 Å². The van der Waals surface area contributed by atoms with Crippen LogP contribution in [0.2, 0.25) is 5.02 Å². The number of benzene rings is 1. The molecular weight excluding hydrogens is 345 g/mol. The molecular formula is C17H17ClFN5O. The van der Waals surface area contributed by atoms with Crippen LogP contribution in [0.1, 0.15) is 24.2 Å². The number of hydrogen-bond donors (Lipinski definition) is 1. The van der Waals surface area contributed by atoms with Gasteiger partial charge >= 0.3 is 0 Å². The molecule has 0 fully saturated rings. The fourth-order valence-electron chi connectivity index (χ4n) is 2.49. The Balaban J connectivity index is 1.66. The Hall–Kier alpha value is -2.67. The fourth-order valence-corrected chi connectivity index (χ4v) is 2.62. The maximum Gasteiger partial charge on any atom is 0.249 e. The zero-order chi connectivity index (χ0) is 18.0. The van der Waals surface area contributed by atoms with Crippen molar-refractivity contribution in [2.24, 2.45) is 0 Å². The predicted molar refractivity (Wildman–Crippen MR) is 93.0 cm³/mol. The van der Waals surface area contributed by atoms with Crippen molar-refractivity contribution in [2.75, 3.05) is 5.32 Å². The lowest BCUT2D eigenvalue weighted by molar-refractivity contribution is -0.119. The highest BCUT2D eigenvalue weighted by atomic mass is 35.5. The summed E-state index contributed by atoms with van der Waals surface area (Å²) >= 11 is 5.97. The molecule has 2 aromatic heterocycles. The molecule has 0 aliphatic carbocycles. The van der Waals surface area contributed by atoms with E-state index in [1.165, 1.54) is 18.3 Å². The summed E-state index contributed by atoms with van der Waals surface area (Å²) in [4.78, 5) is 12.4. The molecule has 1 N–H and O–H groups in total. The first kappa shape index (κ1) is 17.2. The van der Waals surface area contributed by atoms with E-state index in [4.69, 9.17) is 11.6 Å². The number of rotatable bonds is 5. The summed E-state index contributed by atoms with van der Waals surface area (Å²) in [7, 11) is 0. The van der Waals surface area contributed by atoms with Gasteiger partial charge in [0.05, 0.1) is 35.3 Å². The van der Waals surface area contributed by atoms with Crippen molar-refractivity contribution >= 4 is 23.2 Å². The molecule has 3 aromatic rings. The molecule has 0 aliphatic heterocycles. The Bertz CT molecular complexity index is 904. The molecule has 3 rings (SSSR count). The molecule has 0 bridgehead atoms. The van der Waals surface area contributed by atoms with Crippen molar-refractivity contribution in [1.82, 2.24) is 19.6 Å². The number of nitrogens with zero attached hydrogens (tertiary/aromatic N) is 4. The van der Waals surface area contributed by atoms with Gasteiger partial charge in [0.25, 0.3) is 0 Å². The third-order valence-corrected chi connectivity index (χ3v) is 4.24.